The van der Waals surface area contributed by atoms with Crippen LogP contribution in [0.1, 0.15) is 18.4 Å². The molecule has 0 heterocycles. The van der Waals surface area contributed by atoms with Gasteiger partial charge in [0.15, 0.2) is 0 Å². The van der Waals surface area contributed by atoms with Gasteiger partial charge in [-0.3, -0.25) is 0 Å². The van der Waals surface area contributed by atoms with Crippen LogP contribution in [0, 0.1) is 11.6 Å². The summed E-state index contributed by atoms with van der Waals surface area (Å²) < 4.78 is 25.7. The maximum absolute atomic E-state index is 13.2. The molecule has 0 aromatic heterocycles. The van der Waals surface area contributed by atoms with Gasteiger partial charge in [0.25, 0.3) is 0 Å². The van der Waals surface area contributed by atoms with Crippen LogP contribution in [0.15, 0.2) is 18.2 Å². The van der Waals surface area contributed by atoms with Gasteiger partial charge < -0.3 is 5.32 Å². The molecule has 1 atom stereocenters. The summed E-state index contributed by atoms with van der Waals surface area (Å²) in [6.45, 7) is 2.58. The molecule has 1 aromatic rings. The lowest BCUT2D eigenvalue weighted by Crippen LogP contribution is -2.15. The number of nitrogens with one attached hydrogen (secondary N) is 1. The Hall–Kier alpha value is -0.960. The Morgan fingerprint density at radius 1 is 1.38 bits per heavy atom. The van der Waals surface area contributed by atoms with Crippen molar-refractivity contribution in [2.45, 2.75) is 12.8 Å². The molecule has 0 radical (unpaired) electrons. The second-order valence-electron chi connectivity index (χ2n) is 3.12. The number of hydrogen-bond acceptors (Lipinski definition) is 1. The molecule has 0 saturated carbocycles. The molecule has 1 aromatic carbocycles. The second-order valence-corrected chi connectivity index (χ2v) is 3.12. The van der Waals surface area contributed by atoms with Gasteiger partial charge in [-0.15, -0.1) is 0 Å². The minimum atomic E-state index is -0.530. The molecule has 13 heavy (non-hydrogen) atoms. The van der Waals surface area contributed by atoms with Crippen molar-refractivity contribution in [1.29, 1.82) is 0 Å². The summed E-state index contributed by atoms with van der Waals surface area (Å²) in [4.78, 5) is 0. The second kappa shape index (κ2) is 4.33. The van der Waals surface area contributed by atoms with Crippen molar-refractivity contribution in [2.24, 2.45) is 0 Å². The van der Waals surface area contributed by atoms with Crippen molar-refractivity contribution in [2.75, 3.05) is 13.6 Å². The molecule has 0 aliphatic heterocycles. The molecule has 1 N–H and O–H groups in total. The predicted octanol–water partition coefficient (Wildman–Crippen LogP) is 2.29. The van der Waals surface area contributed by atoms with Crippen molar-refractivity contribution >= 4 is 0 Å². The third-order valence-electron chi connectivity index (χ3n) is 2.00. The lowest BCUT2D eigenvalue weighted by molar-refractivity contribution is 0.553. The molecule has 0 bridgehead atoms. The van der Waals surface area contributed by atoms with Gasteiger partial charge in [0.05, 0.1) is 0 Å². The van der Waals surface area contributed by atoms with E-state index >= 15 is 0 Å². The minimum absolute atomic E-state index is 0.0607. The Labute approximate surface area is 76.8 Å². The van der Waals surface area contributed by atoms with Gasteiger partial charge in [-0.2, -0.15) is 0 Å². The van der Waals surface area contributed by atoms with E-state index in [2.05, 4.69) is 5.32 Å². The Morgan fingerprint density at radius 3 is 2.62 bits per heavy atom. The summed E-state index contributed by atoms with van der Waals surface area (Å²) >= 11 is 0. The van der Waals surface area contributed by atoms with Gasteiger partial charge in [0.1, 0.15) is 11.6 Å². The van der Waals surface area contributed by atoms with E-state index in [-0.39, 0.29) is 5.92 Å². The zero-order chi connectivity index (χ0) is 9.84. The first-order valence-corrected chi connectivity index (χ1v) is 4.24. The van der Waals surface area contributed by atoms with Crippen LogP contribution in [-0.2, 0) is 0 Å². The highest BCUT2D eigenvalue weighted by atomic mass is 19.1. The number of halogens is 2. The van der Waals surface area contributed by atoms with Crippen LogP contribution in [0.5, 0.6) is 0 Å². The Bertz CT molecular complexity index is 286. The number of benzene rings is 1. The van der Waals surface area contributed by atoms with E-state index in [0.717, 1.165) is 6.07 Å². The average Bonchev–Trinajstić information content (AvgIpc) is 2.04. The first-order valence-electron chi connectivity index (χ1n) is 4.24. The smallest absolute Gasteiger partial charge is 0.129 e. The first kappa shape index (κ1) is 10.1. The fraction of sp³-hybridized carbons (Fsp3) is 0.400. The van der Waals surface area contributed by atoms with Gasteiger partial charge >= 0.3 is 0 Å². The summed E-state index contributed by atoms with van der Waals surface area (Å²) in [6, 6.07) is 3.69. The van der Waals surface area contributed by atoms with Gasteiger partial charge in [0.2, 0.25) is 0 Å². The average molecular weight is 185 g/mol. The summed E-state index contributed by atoms with van der Waals surface area (Å²) in [7, 11) is 1.80. The molecule has 1 nitrogen and oxygen atoms in total. The minimum Gasteiger partial charge on any atom is -0.319 e. The molecule has 0 aliphatic rings. The monoisotopic (exact) mass is 185 g/mol. The zero-order valence-corrected chi connectivity index (χ0v) is 7.77. The fourth-order valence-electron chi connectivity index (χ4n) is 1.32. The molecule has 0 spiro atoms. The molecular weight excluding hydrogens is 172 g/mol. The third-order valence-corrected chi connectivity index (χ3v) is 2.00. The predicted molar refractivity (Wildman–Crippen MR) is 48.7 cm³/mol. The van der Waals surface area contributed by atoms with E-state index in [1.807, 2.05) is 6.92 Å². The standard InChI is InChI=1S/C10H13F2N/c1-7(6-13-2)9-4-3-8(11)5-10(9)12/h3-5,7,13H,6H2,1-2H3. The highest BCUT2D eigenvalue weighted by Crippen LogP contribution is 2.18. The van der Waals surface area contributed by atoms with Crippen LogP contribution in [0.25, 0.3) is 0 Å². The van der Waals surface area contributed by atoms with Crippen LogP contribution < -0.4 is 5.32 Å². The summed E-state index contributed by atoms with van der Waals surface area (Å²) in [5, 5.41) is 2.95. The maximum atomic E-state index is 13.2. The van der Waals surface area contributed by atoms with E-state index in [9.17, 15) is 8.78 Å². The normalized spacial score (nSPS) is 12.9. The molecule has 72 valence electrons. The lowest BCUT2D eigenvalue weighted by atomic mass is 10.0. The highest BCUT2D eigenvalue weighted by molar-refractivity contribution is 5.22. The van der Waals surface area contributed by atoms with Crippen LogP contribution in [0.4, 0.5) is 8.78 Å². The number of rotatable bonds is 3. The SMILES string of the molecule is CNCC(C)c1ccc(F)cc1F. The fourth-order valence-corrected chi connectivity index (χ4v) is 1.32. The summed E-state index contributed by atoms with van der Waals surface area (Å²) in [5.74, 6) is -0.939. The molecule has 1 unspecified atom stereocenters. The lowest BCUT2D eigenvalue weighted by Gasteiger charge is -2.11. The van der Waals surface area contributed by atoms with E-state index in [4.69, 9.17) is 0 Å². The van der Waals surface area contributed by atoms with Crippen LogP contribution in [0.3, 0.4) is 0 Å². The van der Waals surface area contributed by atoms with Crippen LogP contribution in [0.2, 0.25) is 0 Å². The molecule has 0 saturated heterocycles. The van der Waals surface area contributed by atoms with Gasteiger partial charge in [-0.1, -0.05) is 13.0 Å². The first-order chi connectivity index (χ1) is 6.15. The topological polar surface area (TPSA) is 12.0 Å². The Morgan fingerprint density at radius 2 is 2.08 bits per heavy atom. The highest BCUT2D eigenvalue weighted by Gasteiger charge is 2.10. The van der Waals surface area contributed by atoms with Gasteiger partial charge in [-0.25, -0.2) is 8.78 Å². The van der Waals surface area contributed by atoms with Crippen LogP contribution >= 0.6 is 0 Å². The van der Waals surface area contributed by atoms with Crippen molar-refractivity contribution in [3.63, 3.8) is 0 Å². The quantitative estimate of drug-likeness (QED) is 0.761. The van der Waals surface area contributed by atoms with Crippen molar-refractivity contribution < 1.29 is 8.78 Å². The Balaban J connectivity index is 2.88. The van der Waals surface area contributed by atoms with E-state index in [0.29, 0.717) is 12.1 Å². The Kier molecular flexibility index (Phi) is 3.37. The van der Waals surface area contributed by atoms with Crippen molar-refractivity contribution in [1.82, 2.24) is 5.32 Å². The molecule has 3 heteroatoms. The van der Waals surface area contributed by atoms with Crippen molar-refractivity contribution in [3.05, 3.63) is 35.4 Å². The number of likely N-dealkylation sites (N-methyl/N-ethyl adjacent to an activating group) is 1. The molecule has 1 rings (SSSR count). The van der Waals surface area contributed by atoms with Crippen LogP contribution in [-0.4, -0.2) is 13.6 Å². The number of hydrogen-bond donors (Lipinski definition) is 1. The van der Waals surface area contributed by atoms with E-state index in [1.54, 1.807) is 7.05 Å². The largest absolute Gasteiger partial charge is 0.319 e. The molecule has 0 amide bonds. The molecular formula is C10H13F2N. The summed E-state index contributed by atoms with van der Waals surface area (Å²) in [5.41, 5.74) is 0.552. The van der Waals surface area contributed by atoms with E-state index < -0.39 is 11.6 Å². The third kappa shape index (κ3) is 2.49. The van der Waals surface area contributed by atoms with Gasteiger partial charge in [0, 0.05) is 12.6 Å². The van der Waals surface area contributed by atoms with Gasteiger partial charge in [-0.05, 0) is 24.6 Å². The van der Waals surface area contributed by atoms with E-state index in [1.165, 1.54) is 12.1 Å². The summed E-state index contributed by atoms with van der Waals surface area (Å²) in [6.07, 6.45) is 0. The maximum Gasteiger partial charge on any atom is 0.129 e. The van der Waals surface area contributed by atoms with Crippen molar-refractivity contribution in [3.8, 4) is 0 Å². The molecule has 0 aliphatic carbocycles. The zero-order valence-electron chi connectivity index (χ0n) is 7.77. The molecule has 0 fully saturated rings.